The molecule has 0 aromatic carbocycles. The third-order valence-corrected chi connectivity index (χ3v) is 3.88. The number of thiazole rings is 1. The monoisotopic (exact) mass is 315 g/mol. The fourth-order valence-electron chi connectivity index (χ4n) is 1.97. The van der Waals surface area contributed by atoms with Crippen LogP contribution in [0.2, 0.25) is 0 Å². The first-order chi connectivity index (χ1) is 10.6. The number of anilines is 1. The third kappa shape index (κ3) is 3.01. The first-order valence-electron chi connectivity index (χ1n) is 6.66. The van der Waals surface area contributed by atoms with Crippen LogP contribution in [0.1, 0.15) is 12.8 Å². The van der Waals surface area contributed by atoms with E-state index >= 15 is 0 Å². The predicted molar refractivity (Wildman–Crippen MR) is 83.4 cm³/mol. The zero-order chi connectivity index (χ0) is 15.5. The maximum absolute atomic E-state index is 12.1. The second-order valence-electron chi connectivity index (χ2n) is 4.67. The van der Waals surface area contributed by atoms with Crippen molar-refractivity contribution in [1.29, 1.82) is 0 Å². The molecule has 2 aromatic rings. The highest BCUT2D eigenvalue weighted by atomic mass is 32.1. The topological polar surface area (TPSA) is 87.6 Å². The highest BCUT2D eigenvalue weighted by Gasteiger charge is 2.22. The molecule has 3 rings (SSSR count). The highest BCUT2D eigenvalue weighted by molar-refractivity contribution is 7.14. The fraction of sp³-hybridized carbons (Fsp3) is 0.214. The van der Waals surface area contributed by atoms with Crippen LogP contribution >= 0.6 is 11.3 Å². The predicted octanol–water partition coefficient (Wildman–Crippen LogP) is 1.75. The number of amides is 2. The zero-order valence-corrected chi connectivity index (χ0v) is 12.6. The molecule has 3 heterocycles. The van der Waals surface area contributed by atoms with Gasteiger partial charge in [0.2, 0.25) is 5.91 Å². The molecule has 0 aliphatic carbocycles. The fourth-order valence-corrected chi connectivity index (χ4v) is 2.66. The average Bonchev–Trinajstić information content (AvgIpc) is 2.99. The Hall–Kier alpha value is -2.61. The smallest absolute Gasteiger partial charge is 0.273 e. The summed E-state index contributed by atoms with van der Waals surface area (Å²) in [4.78, 5) is 32.0. The molecular weight excluding hydrogens is 302 g/mol. The SMILES string of the molecule is CN1N=C(C(=O)Nc2nc(-c3ccccn3)cs2)CCC1=O. The van der Waals surface area contributed by atoms with Crippen LogP contribution < -0.4 is 5.32 Å². The maximum atomic E-state index is 12.1. The van der Waals surface area contributed by atoms with E-state index in [0.717, 1.165) is 5.69 Å². The number of rotatable bonds is 3. The number of nitrogens with zero attached hydrogens (tertiary/aromatic N) is 4. The van der Waals surface area contributed by atoms with Crippen LogP contribution in [0, 0.1) is 0 Å². The van der Waals surface area contributed by atoms with E-state index in [2.05, 4.69) is 20.4 Å². The largest absolute Gasteiger partial charge is 0.297 e. The number of nitrogens with one attached hydrogen (secondary N) is 1. The summed E-state index contributed by atoms with van der Waals surface area (Å²) in [7, 11) is 1.54. The lowest BCUT2D eigenvalue weighted by atomic mass is 10.1. The van der Waals surface area contributed by atoms with E-state index in [1.165, 1.54) is 23.4 Å². The minimum absolute atomic E-state index is 0.0942. The Morgan fingerprint density at radius 2 is 2.18 bits per heavy atom. The van der Waals surface area contributed by atoms with Crippen molar-refractivity contribution >= 4 is 34.0 Å². The lowest BCUT2D eigenvalue weighted by molar-refractivity contribution is -0.130. The molecule has 1 N–H and O–H groups in total. The van der Waals surface area contributed by atoms with Crippen molar-refractivity contribution in [1.82, 2.24) is 15.0 Å². The Morgan fingerprint density at radius 3 is 2.91 bits per heavy atom. The molecule has 112 valence electrons. The van der Waals surface area contributed by atoms with Crippen molar-refractivity contribution in [2.24, 2.45) is 5.10 Å². The van der Waals surface area contributed by atoms with E-state index in [9.17, 15) is 9.59 Å². The van der Waals surface area contributed by atoms with E-state index in [-0.39, 0.29) is 11.8 Å². The van der Waals surface area contributed by atoms with Gasteiger partial charge in [0.05, 0.1) is 5.69 Å². The molecular formula is C14H13N5O2S. The van der Waals surface area contributed by atoms with E-state index in [0.29, 0.717) is 29.4 Å². The van der Waals surface area contributed by atoms with Crippen molar-refractivity contribution in [2.75, 3.05) is 12.4 Å². The van der Waals surface area contributed by atoms with Gasteiger partial charge in [-0.15, -0.1) is 11.3 Å². The summed E-state index contributed by atoms with van der Waals surface area (Å²) in [5, 5.41) is 10.2. The maximum Gasteiger partial charge on any atom is 0.273 e. The molecule has 2 aromatic heterocycles. The molecule has 0 bridgehead atoms. The Labute approximate surface area is 130 Å². The number of hydrazone groups is 1. The summed E-state index contributed by atoms with van der Waals surface area (Å²) in [5.74, 6) is -0.426. The number of pyridine rings is 1. The molecule has 1 aliphatic rings. The second kappa shape index (κ2) is 6.02. The standard InChI is InChI=1S/C14H13N5O2S/c1-19-12(20)6-5-10(18-19)13(21)17-14-16-11(8-22-14)9-4-2-3-7-15-9/h2-4,7-8H,5-6H2,1H3,(H,16,17,21). The molecule has 22 heavy (non-hydrogen) atoms. The van der Waals surface area contributed by atoms with E-state index < -0.39 is 0 Å². The number of aromatic nitrogens is 2. The normalized spacial score (nSPS) is 14.7. The van der Waals surface area contributed by atoms with E-state index in [1.807, 2.05) is 23.6 Å². The van der Waals surface area contributed by atoms with E-state index in [1.54, 1.807) is 6.20 Å². The third-order valence-electron chi connectivity index (χ3n) is 3.12. The second-order valence-corrected chi connectivity index (χ2v) is 5.53. The minimum Gasteiger partial charge on any atom is -0.297 e. The van der Waals surface area contributed by atoms with Crippen molar-refractivity contribution in [3.63, 3.8) is 0 Å². The Balaban J connectivity index is 1.72. The molecule has 1 aliphatic heterocycles. The van der Waals surface area contributed by atoms with Crippen molar-refractivity contribution in [3.8, 4) is 11.4 Å². The van der Waals surface area contributed by atoms with Gasteiger partial charge in [-0.1, -0.05) is 6.07 Å². The molecule has 7 nitrogen and oxygen atoms in total. The number of hydrogen-bond acceptors (Lipinski definition) is 6. The Kier molecular flexibility index (Phi) is 3.92. The molecule has 2 amide bonds. The zero-order valence-electron chi connectivity index (χ0n) is 11.8. The lowest BCUT2D eigenvalue weighted by Gasteiger charge is -2.18. The summed E-state index contributed by atoms with van der Waals surface area (Å²) in [6.45, 7) is 0. The number of carbonyl (C=O) groups excluding carboxylic acids is 2. The van der Waals surface area contributed by atoms with Gasteiger partial charge in [0, 0.05) is 31.5 Å². The summed E-state index contributed by atoms with van der Waals surface area (Å²) in [5.41, 5.74) is 1.79. The van der Waals surface area contributed by atoms with Crippen LogP contribution in [0.3, 0.4) is 0 Å². The summed E-state index contributed by atoms with van der Waals surface area (Å²) in [6, 6.07) is 5.56. The molecule has 0 spiro atoms. The highest BCUT2D eigenvalue weighted by Crippen LogP contribution is 2.23. The lowest BCUT2D eigenvalue weighted by Crippen LogP contribution is -2.34. The molecule has 0 atom stereocenters. The summed E-state index contributed by atoms with van der Waals surface area (Å²) < 4.78 is 0. The molecule has 0 saturated heterocycles. The van der Waals surface area contributed by atoms with Crippen molar-refractivity contribution < 1.29 is 9.59 Å². The van der Waals surface area contributed by atoms with Gasteiger partial charge in [0.1, 0.15) is 11.4 Å². The van der Waals surface area contributed by atoms with Crippen LogP contribution in [0.15, 0.2) is 34.9 Å². The molecule has 0 fully saturated rings. The molecule has 8 heteroatoms. The van der Waals surface area contributed by atoms with Crippen LogP contribution in [-0.4, -0.2) is 39.6 Å². The van der Waals surface area contributed by atoms with E-state index in [4.69, 9.17) is 0 Å². The van der Waals surface area contributed by atoms with Gasteiger partial charge < -0.3 is 0 Å². The van der Waals surface area contributed by atoms with Crippen molar-refractivity contribution in [2.45, 2.75) is 12.8 Å². The van der Waals surface area contributed by atoms with Crippen LogP contribution in [0.4, 0.5) is 5.13 Å². The minimum atomic E-state index is -0.332. The van der Waals surface area contributed by atoms with Crippen LogP contribution in [0.25, 0.3) is 11.4 Å². The number of hydrogen-bond donors (Lipinski definition) is 1. The van der Waals surface area contributed by atoms with Crippen LogP contribution in [0.5, 0.6) is 0 Å². The van der Waals surface area contributed by atoms with Gasteiger partial charge in [-0.05, 0) is 12.1 Å². The molecule has 0 unspecified atom stereocenters. The molecule has 0 radical (unpaired) electrons. The summed E-state index contributed by atoms with van der Waals surface area (Å²) in [6.07, 6.45) is 2.32. The van der Waals surface area contributed by atoms with Gasteiger partial charge in [-0.2, -0.15) is 5.10 Å². The van der Waals surface area contributed by atoms with Gasteiger partial charge in [-0.3, -0.25) is 19.9 Å². The van der Waals surface area contributed by atoms with Crippen LogP contribution in [-0.2, 0) is 9.59 Å². The van der Waals surface area contributed by atoms with Gasteiger partial charge in [0.25, 0.3) is 5.91 Å². The average molecular weight is 315 g/mol. The Morgan fingerprint density at radius 1 is 1.32 bits per heavy atom. The van der Waals surface area contributed by atoms with Crippen molar-refractivity contribution in [3.05, 3.63) is 29.8 Å². The van der Waals surface area contributed by atoms with Gasteiger partial charge in [0.15, 0.2) is 5.13 Å². The quantitative estimate of drug-likeness (QED) is 0.934. The first-order valence-corrected chi connectivity index (χ1v) is 7.54. The summed E-state index contributed by atoms with van der Waals surface area (Å²) >= 11 is 1.32. The van der Waals surface area contributed by atoms with Gasteiger partial charge >= 0.3 is 0 Å². The van der Waals surface area contributed by atoms with Gasteiger partial charge in [-0.25, -0.2) is 9.99 Å². The molecule has 0 saturated carbocycles. The number of carbonyl (C=O) groups is 2. The Bertz CT molecular complexity index is 741. The first kappa shape index (κ1) is 14.3.